The van der Waals surface area contributed by atoms with E-state index in [4.69, 9.17) is 5.73 Å². The van der Waals surface area contributed by atoms with Gasteiger partial charge in [-0.15, -0.1) is 11.3 Å². The summed E-state index contributed by atoms with van der Waals surface area (Å²) < 4.78 is 0. The van der Waals surface area contributed by atoms with Crippen LogP contribution in [0.1, 0.15) is 36.8 Å². The molecule has 2 N–H and O–H groups in total. The fourth-order valence-corrected chi connectivity index (χ4v) is 3.14. The highest BCUT2D eigenvalue weighted by Crippen LogP contribution is 2.36. The molecule has 0 unspecified atom stereocenters. The highest BCUT2D eigenvalue weighted by Gasteiger charge is 2.17. The Kier molecular flexibility index (Phi) is 3.60. The molecule has 0 saturated carbocycles. The second-order valence-corrected chi connectivity index (χ2v) is 6.86. The van der Waals surface area contributed by atoms with E-state index in [2.05, 4.69) is 58.0 Å². The van der Waals surface area contributed by atoms with Crippen molar-refractivity contribution in [3.8, 4) is 10.4 Å². The largest absolute Gasteiger partial charge is 0.326 e. The lowest BCUT2D eigenvalue weighted by atomic mass is 9.95. The van der Waals surface area contributed by atoms with Crippen molar-refractivity contribution in [3.63, 3.8) is 0 Å². The SMILES string of the molecule is Cc1ccc(-c2ccc(C(C)(C)C)s2)c(CN)c1. The van der Waals surface area contributed by atoms with Gasteiger partial charge in [-0.2, -0.15) is 0 Å². The first-order valence-corrected chi connectivity index (χ1v) is 7.14. The Morgan fingerprint density at radius 2 is 1.83 bits per heavy atom. The summed E-state index contributed by atoms with van der Waals surface area (Å²) in [6.07, 6.45) is 0. The molecule has 0 amide bonds. The summed E-state index contributed by atoms with van der Waals surface area (Å²) in [5.74, 6) is 0. The van der Waals surface area contributed by atoms with Crippen LogP contribution < -0.4 is 5.73 Å². The Bertz CT molecular complexity index is 546. The van der Waals surface area contributed by atoms with E-state index in [-0.39, 0.29) is 5.41 Å². The molecule has 96 valence electrons. The van der Waals surface area contributed by atoms with Crippen LogP contribution in [-0.2, 0) is 12.0 Å². The number of nitrogens with two attached hydrogens (primary N) is 1. The topological polar surface area (TPSA) is 26.0 Å². The monoisotopic (exact) mass is 259 g/mol. The smallest absolute Gasteiger partial charge is 0.0349 e. The van der Waals surface area contributed by atoms with Crippen LogP contribution in [0.3, 0.4) is 0 Å². The van der Waals surface area contributed by atoms with Crippen molar-refractivity contribution >= 4 is 11.3 Å². The van der Waals surface area contributed by atoms with Crippen molar-refractivity contribution in [1.29, 1.82) is 0 Å². The molecule has 0 bridgehead atoms. The standard InChI is InChI=1S/C16H21NS/c1-11-5-6-13(12(9-11)10-17)14-7-8-15(18-14)16(2,3)4/h5-9H,10,17H2,1-4H3. The molecule has 2 aromatic rings. The molecule has 2 heteroatoms. The van der Waals surface area contributed by atoms with E-state index < -0.39 is 0 Å². The Balaban J connectivity index is 2.46. The molecule has 0 fully saturated rings. The molecule has 1 heterocycles. The molecular formula is C16H21NS. The maximum atomic E-state index is 5.85. The van der Waals surface area contributed by atoms with E-state index in [9.17, 15) is 0 Å². The highest BCUT2D eigenvalue weighted by molar-refractivity contribution is 7.15. The predicted octanol–water partition coefficient (Wildman–Crippen LogP) is 4.48. The average molecular weight is 259 g/mol. The molecule has 0 saturated heterocycles. The van der Waals surface area contributed by atoms with Crippen molar-refractivity contribution in [3.05, 3.63) is 46.3 Å². The number of thiophene rings is 1. The summed E-state index contributed by atoms with van der Waals surface area (Å²) in [6.45, 7) is 9.46. The maximum Gasteiger partial charge on any atom is 0.0349 e. The fraction of sp³-hybridized carbons (Fsp3) is 0.375. The van der Waals surface area contributed by atoms with E-state index in [1.807, 2.05) is 11.3 Å². The van der Waals surface area contributed by atoms with Crippen molar-refractivity contribution in [2.75, 3.05) is 0 Å². The minimum atomic E-state index is 0.219. The Morgan fingerprint density at radius 3 is 2.39 bits per heavy atom. The van der Waals surface area contributed by atoms with Crippen LogP contribution in [0.25, 0.3) is 10.4 Å². The molecule has 0 radical (unpaired) electrons. The van der Waals surface area contributed by atoms with Gasteiger partial charge in [0.1, 0.15) is 0 Å². The summed E-state index contributed by atoms with van der Waals surface area (Å²) in [4.78, 5) is 2.74. The first-order chi connectivity index (χ1) is 8.41. The lowest BCUT2D eigenvalue weighted by molar-refractivity contribution is 0.604. The third-order valence-corrected chi connectivity index (χ3v) is 4.64. The van der Waals surface area contributed by atoms with Gasteiger partial charge in [0, 0.05) is 16.3 Å². The molecule has 1 nitrogen and oxygen atoms in total. The van der Waals surface area contributed by atoms with Crippen LogP contribution in [0.5, 0.6) is 0 Å². The van der Waals surface area contributed by atoms with Crippen LogP contribution in [0, 0.1) is 6.92 Å². The van der Waals surface area contributed by atoms with Crippen molar-refractivity contribution in [2.24, 2.45) is 5.73 Å². The van der Waals surface area contributed by atoms with Crippen LogP contribution >= 0.6 is 11.3 Å². The number of aryl methyl sites for hydroxylation is 1. The van der Waals surface area contributed by atoms with Crippen molar-refractivity contribution < 1.29 is 0 Å². The third-order valence-electron chi connectivity index (χ3n) is 3.09. The first-order valence-electron chi connectivity index (χ1n) is 6.32. The first kappa shape index (κ1) is 13.3. The van der Waals surface area contributed by atoms with E-state index in [0.717, 1.165) is 0 Å². The predicted molar refractivity (Wildman–Crippen MR) is 81.1 cm³/mol. The molecule has 1 aromatic carbocycles. The van der Waals surface area contributed by atoms with Crippen molar-refractivity contribution in [1.82, 2.24) is 0 Å². The van der Waals surface area contributed by atoms with Gasteiger partial charge in [-0.05, 0) is 35.6 Å². The third kappa shape index (κ3) is 2.65. The molecule has 0 aliphatic heterocycles. The number of rotatable bonds is 2. The van der Waals surface area contributed by atoms with Gasteiger partial charge in [0.05, 0.1) is 0 Å². The van der Waals surface area contributed by atoms with E-state index >= 15 is 0 Å². The lowest BCUT2D eigenvalue weighted by Crippen LogP contribution is -2.07. The molecule has 18 heavy (non-hydrogen) atoms. The molecular weight excluding hydrogens is 238 g/mol. The minimum absolute atomic E-state index is 0.219. The molecule has 0 atom stereocenters. The van der Waals surface area contributed by atoms with Gasteiger partial charge < -0.3 is 5.73 Å². The zero-order valence-corrected chi connectivity index (χ0v) is 12.4. The van der Waals surface area contributed by atoms with E-state index in [0.29, 0.717) is 6.54 Å². The van der Waals surface area contributed by atoms with Gasteiger partial charge in [-0.1, -0.05) is 44.5 Å². The zero-order chi connectivity index (χ0) is 13.3. The number of benzene rings is 1. The summed E-state index contributed by atoms with van der Waals surface area (Å²) in [6, 6.07) is 11.0. The molecule has 1 aromatic heterocycles. The van der Waals surface area contributed by atoms with Crippen LogP contribution in [0.15, 0.2) is 30.3 Å². The second-order valence-electron chi connectivity index (χ2n) is 5.78. The van der Waals surface area contributed by atoms with Crippen LogP contribution in [0.4, 0.5) is 0 Å². The van der Waals surface area contributed by atoms with Gasteiger partial charge in [0.15, 0.2) is 0 Å². The van der Waals surface area contributed by atoms with Gasteiger partial charge in [-0.25, -0.2) is 0 Å². The number of hydrogen-bond acceptors (Lipinski definition) is 2. The molecule has 0 aliphatic rings. The lowest BCUT2D eigenvalue weighted by Gasteiger charge is -2.15. The normalized spacial score (nSPS) is 11.8. The van der Waals surface area contributed by atoms with Gasteiger partial charge in [0.2, 0.25) is 0 Å². The van der Waals surface area contributed by atoms with Gasteiger partial charge in [-0.3, -0.25) is 0 Å². The molecule has 0 spiro atoms. The second kappa shape index (κ2) is 4.87. The Morgan fingerprint density at radius 1 is 1.11 bits per heavy atom. The zero-order valence-electron chi connectivity index (χ0n) is 11.6. The summed E-state index contributed by atoms with van der Waals surface area (Å²) in [7, 11) is 0. The van der Waals surface area contributed by atoms with Crippen LogP contribution in [0.2, 0.25) is 0 Å². The molecule has 0 aliphatic carbocycles. The van der Waals surface area contributed by atoms with E-state index in [1.54, 1.807) is 0 Å². The summed E-state index contributed by atoms with van der Waals surface area (Å²) in [5.41, 5.74) is 9.86. The van der Waals surface area contributed by atoms with Gasteiger partial charge in [0.25, 0.3) is 0 Å². The van der Waals surface area contributed by atoms with E-state index in [1.165, 1.54) is 26.4 Å². The quantitative estimate of drug-likeness (QED) is 0.845. The van der Waals surface area contributed by atoms with Gasteiger partial charge >= 0.3 is 0 Å². The minimum Gasteiger partial charge on any atom is -0.326 e. The maximum absolute atomic E-state index is 5.85. The Hall–Kier alpha value is -1.12. The highest BCUT2D eigenvalue weighted by atomic mass is 32.1. The van der Waals surface area contributed by atoms with Crippen molar-refractivity contribution in [2.45, 2.75) is 39.7 Å². The Labute approximate surface area is 114 Å². The average Bonchev–Trinajstić information content (AvgIpc) is 2.77. The summed E-state index contributed by atoms with van der Waals surface area (Å²) in [5, 5.41) is 0. The molecule has 2 rings (SSSR count). The number of hydrogen-bond donors (Lipinski definition) is 1. The summed E-state index contributed by atoms with van der Waals surface area (Å²) >= 11 is 1.87. The van der Waals surface area contributed by atoms with Crippen LogP contribution in [-0.4, -0.2) is 0 Å². The fourth-order valence-electron chi connectivity index (χ4n) is 2.02.